The SMILES string of the molecule is C1=CCCC=CCC1.C[C@H]1CC[C@H](C)P1c1ccccc1P1[C@@H](C)CC[C@@H]1C.O=S(=O)(O)C(F)(F)F.[Rh]. The van der Waals surface area contributed by atoms with Crippen LogP contribution in [0.2, 0.25) is 0 Å². The molecule has 4 rings (SSSR count). The Labute approximate surface area is 237 Å². The summed E-state index contributed by atoms with van der Waals surface area (Å²) in [6.07, 6.45) is 19.8. The molecule has 1 aromatic rings. The third-order valence-electron chi connectivity index (χ3n) is 6.97. The van der Waals surface area contributed by atoms with Crippen LogP contribution in [0.4, 0.5) is 13.2 Å². The largest absolute Gasteiger partial charge is 0.522 e. The van der Waals surface area contributed by atoms with Crippen LogP contribution < -0.4 is 10.6 Å². The minimum atomic E-state index is -5.84. The molecule has 2 heterocycles. The normalized spacial score (nSPS) is 26.7. The van der Waals surface area contributed by atoms with Gasteiger partial charge in [0.05, 0.1) is 0 Å². The van der Waals surface area contributed by atoms with Crippen molar-refractivity contribution < 1.29 is 45.6 Å². The van der Waals surface area contributed by atoms with Gasteiger partial charge in [0.25, 0.3) is 0 Å². The molecule has 1 aliphatic carbocycles. The summed E-state index contributed by atoms with van der Waals surface area (Å²) in [6, 6.07) is 9.55. The van der Waals surface area contributed by atoms with Gasteiger partial charge in [-0.2, -0.15) is 21.6 Å². The number of rotatable bonds is 2. The molecule has 2 fully saturated rings. The Kier molecular flexibility index (Phi) is 15.3. The van der Waals surface area contributed by atoms with Gasteiger partial charge >= 0.3 is 15.6 Å². The van der Waals surface area contributed by atoms with Crippen LogP contribution in [-0.2, 0) is 29.6 Å². The molecule has 0 saturated carbocycles. The zero-order chi connectivity index (χ0) is 26.9. The number of alkyl halides is 3. The molecule has 3 aliphatic rings. The molecular formula is C27H41F3O3P2RhS. The fourth-order valence-corrected chi connectivity index (χ4v) is 12.3. The van der Waals surface area contributed by atoms with Crippen molar-refractivity contribution in [1.82, 2.24) is 0 Å². The Hall–Kier alpha value is -0.117. The van der Waals surface area contributed by atoms with E-state index >= 15 is 0 Å². The van der Waals surface area contributed by atoms with Crippen molar-refractivity contribution in [3.63, 3.8) is 0 Å². The van der Waals surface area contributed by atoms with Gasteiger partial charge in [-0.1, -0.05) is 92.1 Å². The topological polar surface area (TPSA) is 54.4 Å². The molecule has 0 spiro atoms. The maximum atomic E-state index is 10.7. The van der Waals surface area contributed by atoms with Gasteiger partial charge in [0.1, 0.15) is 0 Å². The number of benzene rings is 1. The van der Waals surface area contributed by atoms with E-state index in [0.717, 1.165) is 22.6 Å². The van der Waals surface area contributed by atoms with Gasteiger partial charge in [0, 0.05) is 19.5 Å². The van der Waals surface area contributed by atoms with Crippen molar-refractivity contribution in [3.05, 3.63) is 48.6 Å². The van der Waals surface area contributed by atoms with E-state index in [2.05, 4.69) is 76.3 Å². The van der Waals surface area contributed by atoms with Crippen molar-refractivity contribution in [2.24, 2.45) is 0 Å². The molecule has 3 nitrogen and oxygen atoms in total. The summed E-state index contributed by atoms with van der Waals surface area (Å²) in [7, 11) is -5.68. The van der Waals surface area contributed by atoms with Gasteiger partial charge in [-0.3, -0.25) is 4.55 Å². The third-order valence-corrected chi connectivity index (χ3v) is 14.5. The van der Waals surface area contributed by atoms with Crippen molar-refractivity contribution in [3.8, 4) is 0 Å². The van der Waals surface area contributed by atoms with Crippen LogP contribution >= 0.6 is 15.8 Å². The molecule has 0 aromatic heterocycles. The molecular weight excluding hydrogens is 626 g/mol. The zero-order valence-corrected chi connectivity index (χ0v) is 26.4. The summed E-state index contributed by atoms with van der Waals surface area (Å²) < 4.78 is 57.5. The van der Waals surface area contributed by atoms with E-state index in [1.807, 2.05) is 0 Å². The van der Waals surface area contributed by atoms with Crippen LogP contribution in [0, 0.1) is 0 Å². The third kappa shape index (κ3) is 10.8. The molecule has 213 valence electrons. The van der Waals surface area contributed by atoms with Gasteiger partial charge in [-0.15, -0.1) is 0 Å². The maximum absolute atomic E-state index is 10.7. The van der Waals surface area contributed by atoms with Crippen molar-refractivity contribution in [2.45, 2.75) is 107 Å². The first-order valence-corrected chi connectivity index (χ1v) is 17.2. The summed E-state index contributed by atoms with van der Waals surface area (Å²) in [6.45, 7) is 10.0. The van der Waals surface area contributed by atoms with Crippen LogP contribution in [0.3, 0.4) is 0 Å². The maximum Gasteiger partial charge on any atom is 0.522 e. The summed E-state index contributed by atoms with van der Waals surface area (Å²) >= 11 is 0. The van der Waals surface area contributed by atoms with Crippen LogP contribution in [0.5, 0.6) is 0 Å². The number of allylic oxidation sites excluding steroid dienone is 4. The van der Waals surface area contributed by atoms with Crippen LogP contribution in [0.15, 0.2) is 48.6 Å². The second-order valence-corrected chi connectivity index (χ2v) is 17.4. The van der Waals surface area contributed by atoms with Crippen molar-refractivity contribution in [2.75, 3.05) is 0 Å². The number of hydrogen-bond acceptors (Lipinski definition) is 2. The molecule has 2 aliphatic heterocycles. The minimum Gasteiger partial charge on any atom is -0.279 e. The second-order valence-electron chi connectivity index (χ2n) is 9.87. The first-order chi connectivity index (χ1) is 16.8. The van der Waals surface area contributed by atoms with E-state index < -0.39 is 15.6 Å². The quantitative estimate of drug-likeness (QED) is 0.114. The molecule has 1 aromatic carbocycles. The van der Waals surface area contributed by atoms with Crippen molar-refractivity contribution >= 4 is 36.6 Å². The first-order valence-electron chi connectivity index (χ1n) is 12.8. The van der Waals surface area contributed by atoms with Gasteiger partial charge in [-0.25, -0.2) is 0 Å². The molecule has 4 atom stereocenters. The van der Waals surface area contributed by atoms with Gasteiger partial charge in [0.15, 0.2) is 0 Å². The van der Waals surface area contributed by atoms with Crippen LogP contribution in [0.25, 0.3) is 0 Å². The van der Waals surface area contributed by atoms with Crippen LogP contribution in [-0.4, -0.2) is 41.1 Å². The molecule has 0 amide bonds. The summed E-state index contributed by atoms with van der Waals surface area (Å²) in [5.41, 5.74) is -1.80. The molecule has 0 bridgehead atoms. The van der Waals surface area contributed by atoms with E-state index in [4.69, 9.17) is 13.0 Å². The average Bonchev–Trinajstić information content (AvgIpc) is 3.27. The summed E-state index contributed by atoms with van der Waals surface area (Å²) in [4.78, 5) is 0. The molecule has 1 radical (unpaired) electrons. The average molecular weight is 668 g/mol. The monoisotopic (exact) mass is 667 g/mol. The molecule has 2 saturated heterocycles. The number of halogens is 3. The molecule has 1 N–H and O–H groups in total. The van der Waals surface area contributed by atoms with Crippen LogP contribution in [0.1, 0.15) is 79.1 Å². The predicted molar refractivity (Wildman–Crippen MR) is 150 cm³/mol. The second kappa shape index (κ2) is 16.2. The summed E-state index contributed by atoms with van der Waals surface area (Å²) in [5.74, 6) is 0. The smallest absolute Gasteiger partial charge is 0.279 e. The first kappa shape index (κ1) is 34.9. The predicted octanol–water partition coefficient (Wildman–Crippen LogP) is 8.11. The van der Waals surface area contributed by atoms with E-state index in [1.54, 1.807) is 10.6 Å². The standard InChI is InChI=1S/C18H28P2.C8H12.CHF3O3S.Rh/c1-13-9-10-14(2)19(13)17-7-5-6-8-18(17)20-15(3)11-12-16(20)4;1-2-4-6-8-7-5-3-1;2-1(3,4)8(5,6)7;/h5-8,13-16H,9-12H2,1-4H3;1-2,7-8H,3-6H2;(H,5,6,7);/t13-,14-,15-,16-;;;/m0.../s1. The Morgan fingerprint density at radius 2 is 0.946 bits per heavy atom. The van der Waals surface area contributed by atoms with Gasteiger partial charge in [0.2, 0.25) is 0 Å². The Morgan fingerprint density at radius 1 is 0.703 bits per heavy atom. The Bertz CT molecular complexity index is 896. The fourth-order valence-electron chi connectivity index (χ4n) is 5.10. The minimum absolute atomic E-state index is 0. The zero-order valence-electron chi connectivity index (χ0n) is 22.1. The van der Waals surface area contributed by atoms with E-state index in [0.29, 0.717) is 0 Å². The molecule has 0 unspecified atom stereocenters. The van der Waals surface area contributed by atoms with Crippen molar-refractivity contribution in [1.29, 1.82) is 0 Å². The summed E-state index contributed by atoms with van der Waals surface area (Å²) in [5, 5.41) is 3.57. The Balaban J connectivity index is 0.000000335. The number of hydrogen-bond donors (Lipinski definition) is 1. The Morgan fingerprint density at radius 3 is 1.16 bits per heavy atom. The molecule has 10 heteroatoms. The van der Waals surface area contributed by atoms with E-state index in [1.165, 1.54) is 51.4 Å². The molecule has 37 heavy (non-hydrogen) atoms. The van der Waals surface area contributed by atoms with E-state index in [-0.39, 0.29) is 35.3 Å². The van der Waals surface area contributed by atoms with Gasteiger partial charge in [-0.05, 0) is 84.6 Å². The van der Waals surface area contributed by atoms with Gasteiger partial charge < -0.3 is 0 Å². The van der Waals surface area contributed by atoms with E-state index in [9.17, 15) is 13.2 Å². The fraction of sp³-hybridized carbons (Fsp3) is 0.630.